The lowest BCUT2D eigenvalue weighted by Crippen LogP contribution is -2.16. The van der Waals surface area contributed by atoms with Crippen LogP contribution in [0.15, 0.2) is 42.5 Å². The van der Waals surface area contributed by atoms with E-state index >= 15 is 0 Å². The summed E-state index contributed by atoms with van der Waals surface area (Å²) in [7, 11) is 1.75. The fraction of sp³-hybridized carbons (Fsp3) is 0.118. The zero-order chi connectivity index (χ0) is 12.1. The van der Waals surface area contributed by atoms with Crippen molar-refractivity contribution in [2.24, 2.45) is 0 Å². The van der Waals surface area contributed by atoms with Crippen molar-refractivity contribution in [1.29, 1.82) is 0 Å². The lowest BCUT2D eigenvalue weighted by molar-refractivity contribution is 0.237. The molecule has 0 aromatic heterocycles. The van der Waals surface area contributed by atoms with Crippen molar-refractivity contribution in [2.75, 3.05) is 7.11 Å². The Balaban J connectivity index is 2.26. The van der Waals surface area contributed by atoms with Gasteiger partial charge in [0, 0.05) is 13.5 Å². The molecule has 1 aliphatic carbocycles. The molecule has 4 rings (SSSR count). The molecule has 0 saturated carbocycles. The average Bonchev–Trinajstić information content (AvgIpc) is 2.44. The molecule has 0 N–H and O–H groups in total. The Hall–Kier alpha value is -1.86. The highest BCUT2D eigenvalue weighted by atomic mass is 16.5. The molecule has 0 fully saturated rings. The van der Waals surface area contributed by atoms with Gasteiger partial charge >= 0.3 is 0 Å². The van der Waals surface area contributed by atoms with Gasteiger partial charge in [0.25, 0.3) is 0 Å². The van der Waals surface area contributed by atoms with E-state index < -0.39 is 0 Å². The molecule has 0 amide bonds. The molecule has 1 radical (unpaired) electrons. The Bertz CT molecular complexity index is 785. The van der Waals surface area contributed by atoms with E-state index in [2.05, 4.69) is 48.5 Å². The molecule has 1 aliphatic rings. The minimum atomic E-state index is 0.896. The number of hydrogen-bond acceptors (Lipinski definition) is 1. The number of rotatable bonds is 1. The van der Waals surface area contributed by atoms with Gasteiger partial charge in [-0.05, 0) is 38.4 Å². The van der Waals surface area contributed by atoms with Crippen molar-refractivity contribution in [3.05, 3.63) is 59.4 Å². The average molecular weight is 233 g/mol. The molecular formula is C17H13O. The second-order valence-corrected chi connectivity index (χ2v) is 4.83. The van der Waals surface area contributed by atoms with E-state index in [1.807, 2.05) is 0 Å². The summed E-state index contributed by atoms with van der Waals surface area (Å²) in [5.41, 5.74) is 1.37. The van der Waals surface area contributed by atoms with Crippen LogP contribution in [0, 0.1) is 6.10 Å². The van der Waals surface area contributed by atoms with E-state index in [9.17, 15) is 0 Å². The van der Waals surface area contributed by atoms with Gasteiger partial charge in [-0.2, -0.15) is 0 Å². The zero-order valence-electron chi connectivity index (χ0n) is 10.2. The Labute approximate surface area is 106 Å². The van der Waals surface area contributed by atoms with E-state index in [4.69, 9.17) is 4.74 Å². The molecule has 18 heavy (non-hydrogen) atoms. The highest BCUT2D eigenvalue weighted by Crippen LogP contribution is 2.31. The van der Waals surface area contributed by atoms with E-state index in [0.29, 0.717) is 0 Å². The number of benzene rings is 3. The van der Waals surface area contributed by atoms with Gasteiger partial charge in [0.15, 0.2) is 0 Å². The molecule has 0 aliphatic heterocycles. The fourth-order valence-electron chi connectivity index (χ4n) is 2.99. The van der Waals surface area contributed by atoms with Crippen LogP contribution in [0.2, 0.25) is 0 Å². The van der Waals surface area contributed by atoms with Gasteiger partial charge in [0.2, 0.25) is 0 Å². The number of methoxy groups -OCH3 is 1. The molecule has 0 heterocycles. The maximum Gasteiger partial charge on any atom is 0.124 e. The van der Waals surface area contributed by atoms with Crippen LogP contribution < -0.4 is 5.22 Å². The summed E-state index contributed by atoms with van der Waals surface area (Å²) in [6.45, 7) is 0. The van der Waals surface area contributed by atoms with E-state index in [0.717, 1.165) is 12.5 Å². The first-order valence-corrected chi connectivity index (χ1v) is 6.21. The second kappa shape index (κ2) is 3.56. The molecule has 1 nitrogen and oxygen atoms in total. The summed E-state index contributed by atoms with van der Waals surface area (Å²) in [4.78, 5) is 0. The highest BCUT2D eigenvalue weighted by Gasteiger charge is 2.16. The summed E-state index contributed by atoms with van der Waals surface area (Å²) < 4.78 is 5.42. The van der Waals surface area contributed by atoms with E-state index in [1.54, 1.807) is 7.11 Å². The highest BCUT2D eigenvalue weighted by molar-refractivity contribution is 6.12. The number of ether oxygens (including phenoxy) is 1. The van der Waals surface area contributed by atoms with Crippen molar-refractivity contribution in [2.45, 2.75) is 6.42 Å². The summed E-state index contributed by atoms with van der Waals surface area (Å²) >= 11 is 0. The summed E-state index contributed by atoms with van der Waals surface area (Å²) in [6.07, 6.45) is 4.10. The van der Waals surface area contributed by atoms with Crippen LogP contribution in [-0.2, 0) is 11.2 Å². The van der Waals surface area contributed by atoms with E-state index in [-0.39, 0.29) is 0 Å². The van der Waals surface area contributed by atoms with Crippen LogP contribution in [0.4, 0.5) is 0 Å². The summed E-state index contributed by atoms with van der Waals surface area (Å²) in [5.74, 6) is 0. The first kappa shape index (κ1) is 10.1. The van der Waals surface area contributed by atoms with Gasteiger partial charge in [-0.1, -0.05) is 42.5 Å². The molecule has 3 aromatic carbocycles. The Morgan fingerprint density at radius 2 is 1.67 bits per heavy atom. The van der Waals surface area contributed by atoms with Crippen molar-refractivity contribution in [3.8, 4) is 0 Å². The Morgan fingerprint density at radius 3 is 2.44 bits per heavy atom. The fourth-order valence-corrected chi connectivity index (χ4v) is 2.99. The quantitative estimate of drug-likeness (QED) is 0.627. The molecular weight excluding hydrogens is 220 g/mol. The van der Waals surface area contributed by atoms with Crippen molar-refractivity contribution < 1.29 is 4.74 Å². The SMILES string of the molecule is CO[C]1C=c2ccc3cccc4ccc(c2c43)C1. The third-order valence-electron chi connectivity index (χ3n) is 3.84. The summed E-state index contributed by atoms with van der Waals surface area (Å²) in [6, 6.07) is 15.3. The van der Waals surface area contributed by atoms with Crippen LogP contribution in [0.1, 0.15) is 5.56 Å². The lowest BCUT2D eigenvalue weighted by atomic mass is 9.89. The van der Waals surface area contributed by atoms with Gasteiger partial charge in [0.05, 0.1) is 0 Å². The smallest absolute Gasteiger partial charge is 0.124 e. The van der Waals surface area contributed by atoms with Crippen LogP contribution in [0.3, 0.4) is 0 Å². The van der Waals surface area contributed by atoms with Gasteiger partial charge in [0.1, 0.15) is 6.10 Å². The molecule has 0 spiro atoms. The molecule has 0 atom stereocenters. The van der Waals surface area contributed by atoms with Gasteiger partial charge in [-0.3, -0.25) is 0 Å². The first-order valence-electron chi connectivity index (χ1n) is 6.21. The van der Waals surface area contributed by atoms with Crippen LogP contribution in [-0.4, -0.2) is 7.11 Å². The molecule has 0 saturated heterocycles. The summed E-state index contributed by atoms with van der Waals surface area (Å²) in [5, 5.41) is 6.70. The first-order chi connectivity index (χ1) is 8.86. The Morgan fingerprint density at radius 1 is 0.889 bits per heavy atom. The van der Waals surface area contributed by atoms with Gasteiger partial charge < -0.3 is 4.74 Å². The minimum Gasteiger partial charge on any atom is -0.370 e. The van der Waals surface area contributed by atoms with Crippen LogP contribution in [0.5, 0.6) is 0 Å². The number of hydrogen-bond donors (Lipinski definition) is 0. The molecule has 87 valence electrons. The Kier molecular flexibility index (Phi) is 2.00. The van der Waals surface area contributed by atoms with Crippen molar-refractivity contribution >= 4 is 27.6 Å². The monoisotopic (exact) mass is 233 g/mol. The van der Waals surface area contributed by atoms with Crippen LogP contribution in [0.25, 0.3) is 27.6 Å². The normalized spacial score (nSPS) is 15.2. The molecule has 1 heteroatoms. The zero-order valence-corrected chi connectivity index (χ0v) is 10.2. The maximum absolute atomic E-state index is 5.42. The van der Waals surface area contributed by atoms with Crippen LogP contribution >= 0.6 is 0 Å². The minimum absolute atomic E-state index is 0.896. The molecule has 3 aromatic rings. The predicted molar refractivity (Wildman–Crippen MR) is 75.1 cm³/mol. The molecule has 0 bridgehead atoms. The van der Waals surface area contributed by atoms with Gasteiger partial charge in [-0.25, -0.2) is 0 Å². The largest absolute Gasteiger partial charge is 0.370 e. The van der Waals surface area contributed by atoms with Crippen molar-refractivity contribution in [1.82, 2.24) is 0 Å². The predicted octanol–water partition coefficient (Wildman–Crippen LogP) is 3.23. The van der Waals surface area contributed by atoms with E-state index in [1.165, 1.54) is 32.3 Å². The van der Waals surface area contributed by atoms with Crippen molar-refractivity contribution in [3.63, 3.8) is 0 Å². The molecule has 0 unspecified atom stereocenters. The third kappa shape index (κ3) is 1.25. The standard InChI is InChI=1S/C17H13O/c1-18-15-9-13-7-5-11-3-2-4-12-6-8-14(10-15)17(13)16(11)12/h2-9H,10H2,1H3. The second-order valence-electron chi connectivity index (χ2n) is 4.83. The maximum atomic E-state index is 5.42. The third-order valence-corrected chi connectivity index (χ3v) is 3.84. The lowest BCUT2D eigenvalue weighted by Gasteiger charge is -2.19. The topological polar surface area (TPSA) is 9.23 Å². The van der Waals surface area contributed by atoms with Gasteiger partial charge in [-0.15, -0.1) is 0 Å².